The number of ether oxygens (including phenoxy) is 1. The van der Waals surface area contributed by atoms with Crippen LogP contribution in [0.25, 0.3) is 0 Å². The van der Waals surface area contributed by atoms with Gasteiger partial charge in [-0.2, -0.15) is 0 Å². The van der Waals surface area contributed by atoms with Gasteiger partial charge >= 0.3 is 0 Å². The second-order valence-corrected chi connectivity index (χ2v) is 5.26. The molecule has 1 saturated heterocycles. The summed E-state index contributed by atoms with van der Waals surface area (Å²) in [5, 5.41) is 3.72. The molecule has 2 aliphatic rings. The monoisotopic (exact) mass is 240 g/mol. The van der Waals surface area contributed by atoms with Crippen LogP contribution in [-0.4, -0.2) is 49.2 Å². The second-order valence-electron chi connectivity index (χ2n) is 5.26. The topological polar surface area (TPSA) is 41.6 Å². The maximum Gasteiger partial charge on any atom is 0.219 e. The van der Waals surface area contributed by atoms with Crippen molar-refractivity contribution in [3.63, 3.8) is 0 Å². The number of hydrogen-bond donors (Lipinski definition) is 1. The first-order valence-corrected chi connectivity index (χ1v) is 6.75. The SMILES string of the molecule is COC1CCCC1NC1CCN(C(C)=O)CC1. The molecule has 1 saturated carbocycles. The van der Waals surface area contributed by atoms with E-state index in [1.807, 2.05) is 12.0 Å². The molecule has 2 atom stereocenters. The van der Waals surface area contributed by atoms with Gasteiger partial charge in [-0.15, -0.1) is 0 Å². The van der Waals surface area contributed by atoms with Crippen LogP contribution in [0, 0.1) is 0 Å². The number of hydrogen-bond acceptors (Lipinski definition) is 3. The van der Waals surface area contributed by atoms with Gasteiger partial charge in [0, 0.05) is 39.2 Å². The van der Waals surface area contributed by atoms with Crippen LogP contribution in [0.3, 0.4) is 0 Å². The highest BCUT2D eigenvalue weighted by atomic mass is 16.5. The summed E-state index contributed by atoms with van der Waals surface area (Å²) in [5.41, 5.74) is 0. The Morgan fingerprint density at radius 2 is 1.94 bits per heavy atom. The Labute approximate surface area is 104 Å². The number of amides is 1. The van der Waals surface area contributed by atoms with Gasteiger partial charge < -0.3 is 15.0 Å². The van der Waals surface area contributed by atoms with Gasteiger partial charge in [0.2, 0.25) is 5.91 Å². The van der Waals surface area contributed by atoms with E-state index in [1.165, 1.54) is 19.3 Å². The lowest BCUT2D eigenvalue weighted by atomic mass is 10.0. The molecule has 1 N–H and O–H groups in total. The van der Waals surface area contributed by atoms with Crippen LogP contribution < -0.4 is 5.32 Å². The van der Waals surface area contributed by atoms with E-state index in [9.17, 15) is 4.79 Å². The van der Waals surface area contributed by atoms with Crippen LogP contribution in [-0.2, 0) is 9.53 Å². The molecule has 4 heteroatoms. The molecule has 0 radical (unpaired) electrons. The number of carbonyl (C=O) groups is 1. The van der Waals surface area contributed by atoms with Crippen LogP contribution in [0.15, 0.2) is 0 Å². The molecule has 1 amide bonds. The zero-order chi connectivity index (χ0) is 12.3. The van der Waals surface area contributed by atoms with Gasteiger partial charge in [0.25, 0.3) is 0 Å². The smallest absolute Gasteiger partial charge is 0.219 e. The Morgan fingerprint density at radius 3 is 2.53 bits per heavy atom. The summed E-state index contributed by atoms with van der Waals surface area (Å²) in [5.74, 6) is 0.207. The van der Waals surface area contributed by atoms with Gasteiger partial charge in [0.15, 0.2) is 0 Å². The van der Waals surface area contributed by atoms with Gasteiger partial charge in [-0.1, -0.05) is 0 Å². The first-order chi connectivity index (χ1) is 8.20. The normalized spacial score (nSPS) is 30.8. The highest BCUT2D eigenvalue weighted by Crippen LogP contribution is 2.23. The summed E-state index contributed by atoms with van der Waals surface area (Å²) in [7, 11) is 1.81. The summed E-state index contributed by atoms with van der Waals surface area (Å²) in [6, 6.07) is 1.08. The molecule has 0 aromatic carbocycles. The molecular weight excluding hydrogens is 216 g/mol. The summed E-state index contributed by atoms with van der Waals surface area (Å²) in [4.78, 5) is 13.2. The van der Waals surface area contributed by atoms with Crippen molar-refractivity contribution in [3.8, 4) is 0 Å². The lowest BCUT2D eigenvalue weighted by Crippen LogP contribution is -2.49. The van der Waals surface area contributed by atoms with Crippen molar-refractivity contribution in [1.82, 2.24) is 10.2 Å². The average Bonchev–Trinajstić information content (AvgIpc) is 2.77. The van der Waals surface area contributed by atoms with Crippen molar-refractivity contribution in [2.75, 3.05) is 20.2 Å². The predicted molar refractivity (Wildman–Crippen MR) is 66.8 cm³/mol. The molecule has 1 heterocycles. The molecule has 0 spiro atoms. The standard InChI is InChI=1S/C13H24N2O2/c1-10(16)15-8-6-11(7-9-15)14-12-4-3-5-13(12)17-2/h11-14H,3-9H2,1-2H3. The van der Waals surface area contributed by atoms with E-state index in [0.29, 0.717) is 18.2 Å². The zero-order valence-corrected chi connectivity index (χ0v) is 10.9. The molecule has 2 unspecified atom stereocenters. The van der Waals surface area contributed by atoms with E-state index < -0.39 is 0 Å². The van der Waals surface area contributed by atoms with Gasteiger partial charge in [-0.3, -0.25) is 4.79 Å². The van der Waals surface area contributed by atoms with Crippen molar-refractivity contribution in [2.24, 2.45) is 0 Å². The van der Waals surface area contributed by atoms with Gasteiger partial charge in [-0.25, -0.2) is 0 Å². The molecular formula is C13H24N2O2. The number of likely N-dealkylation sites (tertiary alicyclic amines) is 1. The zero-order valence-electron chi connectivity index (χ0n) is 10.9. The Kier molecular flexibility index (Phi) is 4.40. The lowest BCUT2D eigenvalue weighted by Gasteiger charge is -2.34. The Balaban J connectivity index is 1.76. The van der Waals surface area contributed by atoms with Crippen LogP contribution in [0.2, 0.25) is 0 Å². The third kappa shape index (κ3) is 3.19. The second kappa shape index (κ2) is 5.83. The fourth-order valence-corrected chi connectivity index (χ4v) is 3.06. The maximum atomic E-state index is 11.2. The first-order valence-electron chi connectivity index (χ1n) is 6.75. The number of rotatable bonds is 3. The summed E-state index contributed by atoms with van der Waals surface area (Å²) >= 11 is 0. The van der Waals surface area contributed by atoms with Crippen molar-refractivity contribution in [3.05, 3.63) is 0 Å². The molecule has 4 nitrogen and oxygen atoms in total. The van der Waals surface area contributed by atoms with E-state index in [0.717, 1.165) is 25.9 Å². The number of piperidine rings is 1. The van der Waals surface area contributed by atoms with E-state index >= 15 is 0 Å². The molecule has 2 fully saturated rings. The first kappa shape index (κ1) is 12.8. The molecule has 17 heavy (non-hydrogen) atoms. The molecule has 2 rings (SSSR count). The van der Waals surface area contributed by atoms with Crippen molar-refractivity contribution < 1.29 is 9.53 Å². The Bertz CT molecular complexity index is 262. The third-order valence-electron chi connectivity index (χ3n) is 4.15. The van der Waals surface area contributed by atoms with E-state index in [4.69, 9.17) is 4.74 Å². The average molecular weight is 240 g/mol. The summed E-state index contributed by atoms with van der Waals surface area (Å²) in [6.45, 7) is 3.46. The molecule has 0 bridgehead atoms. The molecule has 98 valence electrons. The summed E-state index contributed by atoms with van der Waals surface area (Å²) < 4.78 is 5.50. The third-order valence-corrected chi connectivity index (χ3v) is 4.15. The minimum atomic E-state index is 0.207. The van der Waals surface area contributed by atoms with Crippen molar-refractivity contribution in [1.29, 1.82) is 0 Å². The number of nitrogens with zero attached hydrogens (tertiary/aromatic N) is 1. The Morgan fingerprint density at radius 1 is 1.24 bits per heavy atom. The van der Waals surface area contributed by atoms with Gasteiger partial charge in [-0.05, 0) is 32.1 Å². The van der Waals surface area contributed by atoms with E-state index in [1.54, 1.807) is 6.92 Å². The fourth-order valence-electron chi connectivity index (χ4n) is 3.06. The van der Waals surface area contributed by atoms with Crippen LogP contribution in [0.4, 0.5) is 0 Å². The number of carbonyl (C=O) groups excluding carboxylic acids is 1. The van der Waals surface area contributed by atoms with E-state index in [2.05, 4.69) is 5.32 Å². The minimum Gasteiger partial charge on any atom is -0.380 e. The van der Waals surface area contributed by atoms with Gasteiger partial charge in [0.05, 0.1) is 6.10 Å². The highest BCUT2D eigenvalue weighted by Gasteiger charge is 2.30. The molecule has 0 aromatic heterocycles. The number of methoxy groups -OCH3 is 1. The van der Waals surface area contributed by atoms with Crippen LogP contribution in [0.5, 0.6) is 0 Å². The molecule has 1 aliphatic carbocycles. The fraction of sp³-hybridized carbons (Fsp3) is 0.923. The molecule has 0 aromatic rings. The van der Waals surface area contributed by atoms with E-state index in [-0.39, 0.29) is 5.91 Å². The quantitative estimate of drug-likeness (QED) is 0.804. The highest BCUT2D eigenvalue weighted by molar-refractivity contribution is 5.73. The van der Waals surface area contributed by atoms with Crippen molar-refractivity contribution >= 4 is 5.91 Å². The molecule has 1 aliphatic heterocycles. The Hall–Kier alpha value is -0.610. The van der Waals surface area contributed by atoms with Crippen LogP contribution in [0.1, 0.15) is 39.0 Å². The minimum absolute atomic E-state index is 0.207. The van der Waals surface area contributed by atoms with Gasteiger partial charge in [0.1, 0.15) is 0 Å². The summed E-state index contributed by atoms with van der Waals surface area (Å²) in [6.07, 6.45) is 6.22. The lowest BCUT2D eigenvalue weighted by molar-refractivity contribution is -0.129. The maximum absolute atomic E-state index is 11.2. The van der Waals surface area contributed by atoms with Crippen molar-refractivity contribution in [2.45, 2.75) is 57.2 Å². The largest absolute Gasteiger partial charge is 0.380 e. The number of nitrogens with one attached hydrogen (secondary N) is 1. The predicted octanol–water partition coefficient (Wildman–Crippen LogP) is 1.15. The van der Waals surface area contributed by atoms with Crippen LogP contribution >= 0.6 is 0 Å².